The molecule has 0 unspecified atom stereocenters. The van der Waals surface area contributed by atoms with Gasteiger partial charge in [-0.15, -0.1) is 0 Å². The molecule has 152 valence electrons. The predicted molar refractivity (Wildman–Crippen MR) is 107 cm³/mol. The molecule has 0 radical (unpaired) electrons. The number of Topliss-reactive ketones (excluding diaryl/α,β-unsaturated/α-hetero) is 1. The van der Waals surface area contributed by atoms with Crippen LogP contribution in [0.2, 0.25) is 0 Å². The second-order valence-electron chi connectivity index (χ2n) is 7.39. The second kappa shape index (κ2) is 8.05. The predicted octanol–water partition coefficient (Wildman–Crippen LogP) is 2.40. The summed E-state index contributed by atoms with van der Waals surface area (Å²) >= 11 is 0. The van der Waals surface area contributed by atoms with Gasteiger partial charge in [0, 0.05) is 5.56 Å². The van der Waals surface area contributed by atoms with Crippen LogP contribution in [-0.4, -0.2) is 47.0 Å². The molecule has 1 heterocycles. The molecule has 7 heteroatoms. The molecule has 0 aliphatic carbocycles. The van der Waals surface area contributed by atoms with Crippen LogP contribution in [0.25, 0.3) is 0 Å². The van der Waals surface area contributed by atoms with Crippen molar-refractivity contribution in [1.82, 2.24) is 10.2 Å². The number of ether oxygens (including phenoxy) is 1. The van der Waals surface area contributed by atoms with Crippen molar-refractivity contribution in [3.63, 3.8) is 0 Å². The molecule has 29 heavy (non-hydrogen) atoms. The van der Waals surface area contributed by atoms with E-state index in [0.29, 0.717) is 16.9 Å². The van der Waals surface area contributed by atoms with Crippen LogP contribution in [0.3, 0.4) is 0 Å². The van der Waals surface area contributed by atoms with Crippen molar-refractivity contribution >= 4 is 17.7 Å². The van der Waals surface area contributed by atoms with Crippen LogP contribution < -0.4 is 10.1 Å². The Bertz CT molecular complexity index is 940. The Morgan fingerprint density at radius 3 is 2.55 bits per heavy atom. The second-order valence-corrected chi connectivity index (χ2v) is 7.39. The van der Waals surface area contributed by atoms with Crippen LogP contribution >= 0.6 is 0 Å². The molecule has 0 aromatic heterocycles. The van der Waals surface area contributed by atoms with Gasteiger partial charge in [0.15, 0.2) is 5.78 Å². The van der Waals surface area contributed by atoms with E-state index in [1.165, 1.54) is 6.92 Å². The summed E-state index contributed by atoms with van der Waals surface area (Å²) in [5, 5.41) is 13.0. The van der Waals surface area contributed by atoms with Crippen molar-refractivity contribution < 1.29 is 24.2 Å². The normalized spacial score (nSPS) is 19.8. The number of imide groups is 1. The number of rotatable bonds is 7. The number of ketones is 1. The Labute approximate surface area is 169 Å². The van der Waals surface area contributed by atoms with E-state index in [1.807, 2.05) is 19.1 Å². The van der Waals surface area contributed by atoms with Gasteiger partial charge in [-0.1, -0.05) is 42.0 Å². The molecule has 1 aliphatic rings. The number of hydrogen-bond donors (Lipinski definition) is 2. The number of nitrogens with one attached hydrogen (secondary N) is 1. The average molecular weight is 396 g/mol. The van der Waals surface area contributed by atoms with Crippen molar-refractivity contribution in [2.45, 2.75) is 32.4 Å². The van der Waals surface area contributed by atoms with Gasteiger partial charge in [0.2, 0.25) is 0 Å². The van der Waals surface area contributed by atoms with Crippen molar-refractivity contribution in [2.24, 2.45) is 0 Å². The zero-order valence-corrected chi connectivity index (χ0v) is 16.6. The lowest BCUT2D eigenvalue weighted by atomic mass is 9.91. The lowest BCUT2D eigenvalue weighted by Gasteiger charge is -2.23. The number of urea groups is 1. The standard InChI is InChI=1S/C22H24N2O5/c1-14-7-9-17(10-8-14)22(3)20(27)24(21(28)23-22)12-18(26)13-29-19-6-4-5-16(11-19)15(2)25/h4-11,18,26H,12-13H2,1-3H3,(H,23,28)/t18-,22+/m0/s1. The number of hydrogen-bond acceptors (Lipinski definition) is 5. The molecule has 0 spiro atoms. The molecule has 0 bridgehead atoms. The van der Waals surface area contributed by atoms with Gasteiger partial charge in [-0.25, -0.2) is 4.79 Å². The third-order valence-electron chi connectivity index (χ3n) is 4.98. The highest BCUT2D eigenvalue weighted by molar-refractivity contribution is 6.07. The molecule has 2 atom stereocenters. The maximum atomic E-state index is 12.9. The molecule has 1 aliphatic heterocycles. The van der Waals surface area contributed by atoms with Crippen LogP contribution in [0.5, 0.6) is 5.75 Å². The highest BCUT2D eigenvalue weighted by Crippen LogP contribution is 2.29. The number of aliphatic hydroxyl groups is 1. The molecular weight excluding hydrogens is 372 g/mol. The van der Waals surface area contributed by atoms with Crippen LogP contribution in [-0.2, 0) is 10.3 Å². The lowest BCUT2D eigenvalue weighted by molar-refractivity contribution is -0.132. The van der Waals surface area contributed by atoms with Crippen LogP contribution in [0.15, 0.2) is 48.5 Å². The fraction of sp³-hybridized carbons (Fsp3) is 0.318. The SMILES string of the molecule is CC(=O)c1cccc(OC[C@@H](O)CN2C(=O)N[C@](C)(c3ccc(C)cc3)C2=O)c1. The monoisotopic (exact) mass is 396 g/mol. The lowest BCUT2D eigenvalue weighted by Crippen LogP contribution is -2.42. The van der Waals surface area contributed by atoms with Crippen molar-refractivity contribution in [3.8, 4) is 5.75 Å². The van der Waals surface area contributed by atoms with Gasteiger partial charge in [-0.05, 0) is 38.5 Å². The number of carbonyl (C=O) groups excluding carboxylic acids is 3. The van der Waals surface area contributed by atoms with E-state index >= 15 is 0 Å². The van der Waals surface area contributed by atoms with Crippen molar-refractivity contribution in [2.75, 3.05) is 13.2 Å². The minimum Gasteiger partial charge on any atom is -0.491 e. The van der Waals surface area contributed by atoms with Crippen molar-refractivity contribution in [1.29, 1.82) is 0 Å². The zero-order chi connectivity index (χ0) is 21.2. The van der Waals surface area contributed by atoms with E-state index in [1.54, 1.807) is 43.3 Å². The van der Waals surface area contributed by atoms with Crippen LogP contribution in [0.1, 0.15) is 35.3 Å². The zero-order valence-electron chi connectivity index (χ0n) is 16.6. The summed E-state index contributed by atoms with van der Waals surface area (Å²) < 4.78 is 5.52. The van der Waals surface area contributed by atoms with Gasteiger partial charge in [0.05, 0.1) is 6.54 Å². The molecule has 2 aromatic carbocycles. The molecule has 1 fully saturated rings. The van der Waals surface area contributed by atoms with Gasteiger partial charge >= 0.3 is 6.03 Å². The third kappa shape index (κ3) is 4.30. The summed E-state index contributed by atoms with van der Waals surface area (Å²) in [4.78, 5) is 37.7. The fourth-order valence-corrected chi connectivity index (χ4v) is 3.21. The van der Waals surface area contributed by atoms with Gasteiger partial charge in [0.1, 0.15) is 24.0 Å². The largest absolute Gasteiger partial charge is 0.491 e. The number of nitrogens with zero attached hydrogens (tertiary/aromatic N) is 1. The van der Waals surface area contributed by atoms with E-state index in [-0.39, 0.29) is 18.9 Å². The first-order valence-corrected chi connectivity index (χ1v) is 9.34. The smallest absolute Gasteiger partial charge is 0.325 e. The van der Waals surface area contributed by atoms with Gasteiger partial charge < -0.3 is 15.2 Å². The summed E-state index contributed by atoms with van der Waals surface area (Å²) in [6.07, 6.45) is -1.08. The molecular formula is C22H24N2O5. The molecule has 2 aromatic rings. The van der Waals surface area contributed by atoms with Gasteiger partial charge in [-0.3, -0.25) is 14.5 Å². The molecule has 1 saturated heterocycles. The first-order chi connectivity index (χ1) is 13.7. The number of amides is 3. The minimum absolute atomic E-state index is 0.0919. The maximum absolute atomic E-state index is 12.9. The summed E-state index contributed by atoms with van der Waals surface area (Å²) in [5.41, 5.74) is 1.05. The first-order valence-electron chi connectivity index (χ1n) is 9.34. The molecule has 3 rings (SSSR count). The summed E-state index contributed by atoms with van der Waals surface area (Å²) in [6, 6.07) is 13.4. The quantitative estimate of drug-likeness (QED) is 0.553. The molecule has 7 nitrogen and oxygen atoms in total. The molecule has 0 saturated carbocycles. The number of benzene rings is 2. The number of aliphatic hydroxyl groups excluding tert-OH is 1. The summed E-state index contributed by atoms with van der Waals surface area (Å²) in [5.74, 6) is -0.0897. The Balaban J connectivity index is 1.64. The van der Waals surface area contributed by atoms with Crippen molar-refractivity contribution in [3.05, 3.63) is 65.2 Å². The first kappa shape index (κ1) is 20.5. The highest BCUT2D eigenvalue weighted by Gasteiger charge is 2.49. The van der Waals surface area contributed by atoms with E-state index in [4.69, 9.17) is 4.74 Å². The summed E-state index contributed by atoms with van der Waals surface area (Å²) in [6.45, 7) is 4.72. The Hall–Kier alpha value is -3.19. The molecule has 2 N–H and O–H groups in total. The Morgan fingerprint density at radius 1 is 1.21 bits per heavy atom. The number of aryl methyl sites for hydroxylation is 1. The summed E-state index contributed by atoms with van der Waals surface area (Å²) in [7, 11) is 0. The maximum Gasteiger partial charge on any atom is 0.325 e. The van der Waals surface area contributed by atoms with E-state index in [0.717, 1.165) is 10.5 Å². The minimum atomic E-state index is -1.18. The highest BCUT2D eigenvalue weighted by atomic mass is 16.5. The Kier molecular flexibility index (Phi) is 5.70. The molecule has 3 amide bonds. The van der Waals surface area contributed by atoms with Gasteiger partial charge in [-0.2, -0.15) is 0 Å². The van der Waals surface area contributed by atoms with E-state index < -0.39 is 23.6 Å². The Morgan fingerprint density at radius 2 is 1.90 bits per heavy atom. The van der Waals surface area contributed by atoms with E-state index in [2.05, 4.69) is 5.32 Å². The van der Waals surface area contributed by atoms with Gasteiger partial charge in [0.25, 0.3) is 5.91 Å². The number of carbonyl (C=O) groups is 3. The average Bonchev–Trinajstić information content (AvgIpc) is 2.91. The van der Waals surface area contributed by atoms with Crippen LogP contribution in [0, 0.1) is 6.92 Å². The fourth-order valence-electron chi connectivity index (χ4n) is 3.21. The van der Waals surface area contributed by atoms with E-state index in [9.17, 15) is 19.5 Å². The van der Waals surface area contributed by atoms with Crippen LogP contribution in [0.4, 0.5) is 4.79 Å². The topological polar surface area (TPSA) is 95.9 Å². The third-order valence-corrected chi connectivity index (χ3v) is 4.98. The number of β-amino-alcohol motifs (C(OH)–C–C–N with tert-alkyl or cyclic N) is 1.